The number of hydrogen-bond acceptors (Lipinski definition) is 4. The Bertz CT molecular complexity index is 298. The van der Waals surface area contributed by atoms with Gasteiger partial charge >= 0.3 is 0 Å². The third-order valence-corrected chi connectivity index (χ3v) is 2.37. The van der Waals surface area contributed by atoms with Crippen LogP contribution in [0.3, 0.4) is 0 Å². The summed E-state index contributed by atoms with van der Waals surface area (Å²) in [6, 6.07) is 7.70. The Morgan fingerprint density at radius 3 is 2.38 bits per heavy atom. The van der Waals surface area contributed by atoms with Gasteiger partial charge in [0, 0.05) is 19.1 Å². The molecule has 0 bridgehead atoms. The molecule has 0 saturated heterocycles. The van der Waals surface area contributed by atoms with Crippen LogP contribution in [0.25, 0.3) is 0 Å². The van der Waals surface area contributed by atoms with Crippen LogP contribution in [0.5, 0.6) is 5.75 Å². The fourth-order valence-corrected chi connectivity index (χ4v) is 1.29. The van der Waals surface area contributed by atoms with Gasteiger partial charge < -0.3 is 21.1 Å². The first-order chi connectivity index (χ1) is 7.63. The predicted molar refractivity (Wildman–Crippen MR) is 66.5 cm³/mol. The average Bonchev–Trinajstić information content (AvgIpc) is 2.28. The highest BCUT2D eigenvalue weighted by Crippen LogP contribution is 2.15. The molecule has 4 heteroatoms. The van der Waals surface area contributed by atoms with E-state index < -0.39 is 0 Å². The van der Waals surface area contributed by atoms with Crippen molar-refractivity contribution in [2.24, 2.45) is 11.5 Å². The molecule has 90 valence electrons. The van der Waals surface area contributed by atoms with E-state index in [4.69, 9.17) is 16.2 Å². The lowest BCUT2D eigenvalue weighted by Crippen LogP contribution is -2.21. The van der Waals surface area contributed by atoms with Gasteiger partial charge in [0.05, 0.1) is 0 Å². The summed E-state index contributed by atoms with van der Waals surface area (Å²) >= 11 is 0. The number of hydrogen-bond donors (Lipinski definition) is 2. The first-order valence-electron chi connectivity index (χ1n) is 5.46. The van der Waals surface area contributed by atoms with Crippen molar-refractivity contribution < 1.29 is 4.74 Å². The Morgan fingerprint density at radius 2 is 1.88 bits per heavy atom. The van der Waals surface area contributed by atoms with E-state index in [-0.39, 0.29) is 6.04 Å². The molecule has 0 aliphatic heterocycles. The zero-order valence-corrected chi connectivity index (χ0v) is 10.0. The Morgan fingerprint density at radius 1 is 1.25 bits per heavy atom. The van der Waals surface area contributed by atoms with Gasteiger partial charge in [-0.25, -0.2) is 0 Å². The van der Waals surface area contributed by atoms with Crippen LogP contribution in [-0.2, 0) is 0 Å². The van der Waals surface area contributed by atoms with Crippen molar-refractivity contribution >= 4 is 0 Å². The summed E-state index contributed by atoms with van der Waals surface area (Å²) in [5.74, 6) is 0.870. The summed E-state index contributed by atoms with van der Waals surface area (Å²) in [6.45, 7) is 2.06. The maximum atomic E-state index is 5.81. The predicted octanol–water partition coefficient (Wildman–Crippen LogP) is 0.586. The molecule has 1 aromatic rings. The third-order valence-electron chi connectivity index (χ3n) is 2.37. The van der Waals surface area contributed by atoms with Crippen molar-refractivity contribution in [3.63, 3.8) is 0 Å². The molecular weight excluding hydrogens is 202 g/mol. The molecule has 0 heterocycles. The van der Waals surface area contributed by atoms with Gasteiger partial charge in [-0.05, 0) is 31.8 Å². The largest absolute Gasteiger partial charge is 0.492 e. The van der Waals surface area contributed by atoms with E-state index in [9.17, 15) is 0 Å². The SMILES string of the molecule is CN(C)CCOc1ccc([C@@H](N)CN)cc1. The second-order valence-electron chi connectivity index (χ2n) is 4.06. The van der Waals surface area contributed by atoms with Crippen molar-refractivity contribution in [1.82, 2.24) is 4.90 Å². The maximum absolute atomic E-state index is 5.81. The highest BCUT2D eigenvalue weighted by molar-refractivity contribution is 5.29. The lowest BCUT2D eigenvalue weighted by atomic mass is 10.1. The van der Waals surface area contributed by atoms with E-state index in [0.29, 0.717) is 13.2 Å². The molecule has 0 unspecified atom stereocenters. The summed E-state index contributed by atoms with van der Waals surface area (Å²) in [7, 11) is 4.04. The van der Waals surface area contributed by atoms with Crippen molar-refractivity contribution in [3.8, 4) is 5.75 Å². The maximum Gasteiger partial charge on any atom is 0.119 e. The van der Waals surface area contributed by atoms with Gasteiger partial charge in [0.1, 0.15) is 12.4 Å². The smallest absolute Gasteiger partial charge is 0.119 e. The Hall–Kier alpha value is -1.10. The van der Waals surface area contributed by atoms with Gasteiger partial charge in [0.25, 0.3) is 0 Å². The van der Waals surface area contributed by atoms with Crippen LogP contribution < -0.4 is 16.2 Å². The first kappa shape index (κ1) is 13.0. The highest BCUT2D eigenvalue weighted by atomic mass is 16.5. The zero-order valence-electron chi connectivity index (χ0n) is 10.0. The molecule has 0 spiro atoms. The van der Waals surface area contributed by atoms with E-state index >= 15 is 0 Å². The number of nitrogens with two attached hydrogens (primary N) is 2. The fourth-order valence-electron chi connectivity index (χ4n) is 1.29. The molecule has 1 aromatic carbocycles. The van der Waals surface area contributed by atoms with Crippen LogP contribution in [0.1, 0.15) is 11.6 Å². The first-order valence-corrected chi connectivity index (χ1v) is 5.46. The Kier molecular flexibility index (Phi) is 5.25. The van der Waals surface area contributed by atoms with Crippen molar-refractivity contribution in [3.05, 3.63) is 29.8 Å². The standard InChI is InChI=1S/C12H21N3O/c1-15(2)7-8-16-11-5-3-10(4-6-11)12(14)9-13/h3-6,12H,7-9,13-14H2,1-2H3/t12-/m0/s1. The molecule has 0 aliphatic rings. The van der Waals surface area contributed by atoms with Gasteiger partial charge in [0.15, 0.2) is 0 Å². The van der Waals surface area contributed by atoms with Crippen molar-refractivity contribution in [1.29, 1.82) is 0 Å². The second-order valence-corrected chi connectivity index (χ2v) is 4.06. The third kappa shape index (κ3) is 4.18. The van der Waals surface area contributed by atoms with E-state index in [1.807, 2.05) is 38.4 Å². The fraction of sp³-hybridized carbons (Fsp3) is 0.500. The molecule has 0 amide bonds. The number of benzene rings is 1. The molecule has 0 radical (unpaired) electrons. The summed E-state index contributed by atoms with van der Waals surface area (Å²) < 4.78 is 5.57. The number of likely N-dealkylation sites (N-methyl/N-ethyl adjacent to an activating group) is 1. The lowest BCUT2D eigenvalue weighted by Gasteiger charge is -2.12. The minimum absolute atomic E-state index is 0.0872. The normalized spacial score (nSPS) is 12.8. The average molecular weight is 223 g/mol. The molecule has 0 aliphatic carbocycles. The van der Waals surface area contributed by atoms with Crippen molar-refractivity contribution in [2.45, 2.75) is 6.04 Å². The summed E-state index contributed by atoms with van der Waals surface area (Å²) in [5, 5.41) is 0. The summed E-state index contributed by atoms with van der Waals surface area (Å²) in [4.78, 5) is 2.08. The van der Waals surface area contributed by atoms with Crippen LogP contribution >= 0.6 is 0 Å². The van der Waals surface area contributed by atoms with Crippen LogP contribution in [-0.4, -0.2) is 38.7 Å². The molecule has 16 heavy (non-hydrogen) atoms. The molecular formula is C12H21N3O. The number of rotatable bonds is 6. The molecule has 0 fully saturated rings. The molecule has 1 rings (SSSR count). The van der Waals surface area contributed by atoms with Crippen molar-refractivity contribution in [2.75, 3.05) is 33.8 Å². The van der Waals surface area contributed by atoms with Gasteiger partial charge in [0.2, 0.25) is 0 Å². The Balaban J connectivity index is 2.45. The second kappa shape index (κ2) is 6.48. The van der Waals surface area contributed by atoms with Gasteiger partial charge in [-0.3, -0.25) is 0 Å². The van der Waals surface area contributed by atoms with Gasteiger partial charge in [-0.2, -0.15) is 0 Å². The number of nitrogens with zero attached hydrogens (tertiary/aromatic N) is 1. The topological polar surface area (TPSA) is 64.5 Å². The van der Waals surface area contributed by atoms with E-state index in [1.165, 1.54) is 0 Å². The van der Waals surface area contributed by atoms with Crippen LogP contribution in [0.4, 0.5) is 0 Å². The highest BCUT2D eigenvalue weighted by Gasteiger charge is 2.03. The Labute approximate surface area is 97.2 Å². The summed E-state index contributed by atoms with van der Waals surface area (Å²) in [5.41, 5.74) is 12.3. The minimum Gasteiger partial charge on any atom is -0.492 e. The van der Waals surface area contributed by atoms with E-state index in [2.05, 4.69) is 4.90 Å². The molecule has 4 N–H and O–H groups in total. The molecule has 0 saturated carbocycles. The number of ether oxygens (including phenoxy) is 1. The quantitative estimate of drug-likeness (QED) is 0.740. The molecule has 0 aromatic heterocycles. The lowest BCUT2D eigenvalue weighted by molar-refractivity contribution is 0.261. The molecule has 4 nitrogen and oxygen atoms in total. The van der Waals surface area contributed by atoms with Gasteiger partial charge in [-0.15, -0.1) is 0 Å². The van der Waals surface area contributed by atoms with Crippen LogP contribution in [0.2, 0.25) is 0 Å². The zero-order chi connectivity index (χ0) is 12.0. The summed E-state index contributed by atoms with van der Waals surface area (Å²) in [6.07, 6.45) is 0. The van der Waals surface area contributed by atoms with Crippen LogP contribution in [0, 0.1) is 0 Å². The van der Waals surface area contributed by atoms with E-state index in [0.717, 1.165) is 17.9 Å². The molecule has 1 atom stereocenters. The van der Waals surface area contributed by atoms with Gasteiger partial charge in [-0.1, -0.05) is 12.1 Å². The minimum atomic E-state index is -0.0872. The van der Waals surface area contributed by atoms with E-state index in [1.54, 1.807) is 0 Å². The monoisotopic (exact) mass is 223 g/mol. The van der Waals surface area contributed by atoms with Crippen LogP contribution in [0.15, 0.2) is 24.3 Å².